The molecule has 48 heavy (non-hydrogen) atoms. The summed E-state index contributed by atoms with van der Waals surface area (Å²) >= 11 is 0. The highest BCUT2D eigenvalue weighted by atomic mass is 16.4. The minimum absolute atomic E-state index is 0.0285. The van der Waals surface area contributed by atoms with E-state index in [1.165, 1.54) is 0 Å². The number of nitrogens with one attached hydrogen (secondary N) is 4. The second-order valence-electron chi connectivity index (χ2n) is 9.46. The highest BCUT2D eigenvalue weighted by Crippen LogP contribution is 2.25. The summed E-state index contributed by atoms with van der Waals surface area (Å²) in [6.07, 6.45) is 0. The number of carboxylic acid groups (broad SMARTS) is 4. The lowest BCUT2D eigenvalue weighted by atomic mass is 10.1. The van der Waals surface area contributed by atoms with Crippen molar-refractivity contribution in [1.29, 1.82) is 0 Å². The minimum atomic E-state index is -1.36. The number of anilines is 8. The number of aromatic carboxylic acids is 4. The van der Waals surface area contributed by atoms with Gasteiger partial charge in [-0.15, -0.1) is 0 Å². The molecule has 0 aliphatic rings. The normalized spacial score (nSPS) is 10.5. The van der Waals surface area contributed by atoms with Gasteiger partial charge in [-0.25, -0.2) is 19.2 Å². The lowest BCUT2D eigenvalue weighted by Gasteiger charge is -2.11. The SMILES string of the molecule is O=C(O)c1cc(Nc2nc(O)nc(Nc3ccc(Nc4nc(O)nc(Nc5cc(C(=O)O)cc(C(=O)O)c5)n4)cc3)n2)cc(C(=O)O)c1. The first kappa shape index (κ1) is 31.8. The number of benzene rings is 3. The van der Waals surface area contributed by atoms with Gasteiger partial charge in [0.2, 0.25) is 23.8 Å². The average molecular weight is 657 g/mol. The van der Waals surface area contributed by atoms with Gasteiger partial charge in [0.15, 0.2) is 0 Å². The van der Waals surface area contributed by atoms with Crippen LogP contribution in [0.15, 0.2) is 60.7 Å². The van der Waals surface area contributed by atoms with Crippen LogP contribution in [0.5, 0.6) is 12.0 Å². The Bertz CT molecular complexity index is 1880. The quantitative estimate of drug-likeness (QED) is 0.0920. The smallest absolute Gasteiger partial charge is 0.335 e. The van der Waals surface area contributed by atoms with E-state index in [-0.39, 0.29) is 57.4 Å². The van der Waals surface area contributed by atoms with Crippen LogP contribution in [0.2, 0.25) is 0 Å². The largest absolute Gasteiger partial charge is 0.479 e. The zero-order chi connectivity index (χ0) is 34.5. The van der Waals surface area contributed by atoms with E-state index in [1.54, 1.807) is 24.3 Å². The summed E-state index contributed by atoms with van der Waals surface area (Å²) in [5.41, 5.74) is -0.311. The third-order valence-corrected chi connectivity index (χ3v) is 6.01. The van der Waals surface area contributed by atoms with Gasteiger partial charge in [0.1, 0.15) is 0 Å². The Morgan fingerprint density at radius 1 is 0.396 bits per heavy atom. The van der Waals surface area contributed by atoms with Gasteiger partial charge in [-0.3, -0.25) is 0 Å². The number of rotatable bonds is 12. The van der Waals surface area contributed by atoms with Crippen molar-refractivity contribution in [1.82, 2.24) is 29.9 Å². The predicted molar refractivity (Wildman–Crippen MR) is 163 cm³/mol. The highest BCUT2D eigenvalue weighted by Gasteiger charge is 2.15. The van der Waals surface area contributed by atoms with E-state index >= 15 is 0 Å². The molecule has 242 valence electrons. The molecule has 10 N–H and O–H groups in total. The predicted octanol–water partition coefficient (Wildman–Crippen LogP) is 3.24. The first-order chi connectivity index (χ1) is 22.8. The molecule has 0 aliphatic carbocycles. The summed E-state index contributed by atoms with van der Waals surface area (Å²) in [6.45, 7) is 0. The fourth-order valence-corrected chi connectivity index (χ4v) is 4.00. The molecule has 0 saturated heterocycles. The zero-order valence-corrected chi connectivity index (χ0v) is 23.8. The Hall–Kier alpha value is -7.64. The highest BCUT2D eigenvalue weighted by molar-refractivity contribution is 5.96. The number of nitrogens with zero attached hydrogens (tertiary/aromatic N) is 6. The molecule has 0 bridgehead atoms. The molecular weight excluding hydrogens is 636 g/mol. The fraction of sp³-hybridized carbons (Fsp3) is 0. The van der Waals surface area contributed by atoms with Gasteiger partial charge in [0.05, 0.1) is 22.3 Å². The summed E-state index contributed by atoms with van der Waals surface area (Å²) in [7, 11) is 0. The molecule has 0 radical (unpaired) electrons. The van der Waals surface area contributed by atoms with Crippen LogP contribution >= 0.6 is 0 Å². The molecular formula is C28H20N10O10. The number of aromatic nitrogens is 6. The van der Waals surface area contributed by atoms with Crippen molar-refractivity contribution in [2.24, 2.45) is 0 Å². The van der Waals surface area contributed by atoms with Gasteiger partial charge in [0, 0.05) is 22.7 Å². The van der Waals surface area contributed by atoms with Crippen molar-refractivity contribution in [3.8, 4) is 12.0 Å². The Morgan fingerprint density at radius 2 is 0.646 bits per heavy atom. The number of hydrogen-bond donors (Lipinski definition) is 10. The van der Waals surface area contributed by atoms with E-state index in [2.05, 4.69) is 51.2 Å². The standard InChI is InChI=1S/C28H20N10O10/c39-19(40)11-5-12(20(41)42)8-17(7-11)31-25-33-23(35-27(47)37-25)29-15-1-2-16(4-3-15)30-24-34-26(38-28(48)36-24)32-18-9-13(21(43)44)6-14(10-18)22(45)46/h1-10H,(H,39,40)(H,41,42)(H,43,44)(H,45,46)(H3,29,31,33,35,37,47)(H3,30,32,34,36,38,48). The Morgan fingerprint density at radius 3 is 0.896 bits per heavy atom. The molecule has 0 saturated carbocycles. The second-order valence-corrected chi connectivity index (χ2v) is 9.46. The molecule has 0 unspecified atom stereocenters. The van der Waals surface area contributed by atoms with E-state index in [0.717, 1.165) is 36.4 Å². The summed E-state index contributed by atoms with van der Waals surface area (Å²) < 4.78 is 0. The number of aromatic hydroxyl groups is 2. The number of hydrogen-bond acceptors (Lipinski definition) is 16. The lowest BCUT2D eigenvalue weighted by Crippen LogP contribution is -2.07. The van der Waals surface area contributed by atoms with E-state index < -0.39 is 35.9 Å². The van der Waals surface area contributed by atoms with Crippen LogP contribution in [0.1, 0.15) is 41.4 Å². The molecule has 2 heterocycles. The maximum atomic E-state index is 11.4. The molecule has 3 aromatic carbocycles. The summed E-state index contributed by atoms with van der Waals surface area (Å²) in [4.78, 5) is 68.8. The first-order valence-corrected chi connectivity index (χ1v) is 13.1. The van der Waals surface area contributed by atoms with Crippen LogP contribution in [-0.4, -0.2) is 84.4 Å². The topological polar surface area (TPSA) is 315 Å². The van der Waals surface area contributed by atoms with Gasteiger partial charge < -0.3 is 51.9 Å². The van der Waals surface area contributed by atoms with Crippen LogP contribution in [0.3, 0.4) is 0 Å². The van der Waals surface area contributed by atoms with Crippen LogP contribution in [0.4, 0.5) is 46.5 Å². The van der Waals surface area contributed by atoms with E-state index in [4.69, 9.17) is 0 Å². The molecule has 20 nitrogen and oxygen atoms in total. The number of carboxylic acids is 4. The third kappa shape index (κ3) is 7.89. The average Bonchev–Trinajstić information content (AvgIpc) is 3.01. The van der Waals surface area contributed by atoms with Crippen molar-refractivity contribution in [3.63, 3.8) is 0 Å². The molecule has 0 atom stereocenters. The van der Waals surface area contributed by atoms with E-state index in [1.807, 2.05) is 0 Å². The molecule has 20 heteroatoms. The van der Waals surface area contributed by atoms with Gasteiger partial charge in [0.25, 0.3) is 0 Å². The van der Waals surface area contributed by atoms with Gasteiger partial charge >= 0.3 is 35.9 Å². The zero-order valence-electron chi connectivity index (χ0n) is 23.8. The maximum Gasteiger partial charge on any atom is 0.335 e. The third-order valence-electron chi connectivity index (χ3n) is 6.01. The molecule has 0 amide bonds. The Kier molecular flexibility index (Phi) is 8.71. The summed E-state index contributed by atoms with van der Waals surface area (Å²) in [5, 5.41) is 68.2. The van der Waals surface area contributed by atoms with Gasteiger partial charge in [-0.1, -0.05) is 0 Å². The van der Waals surface area contributed by atoms with E-state index in [0.29, 0.717) is 11.4 Å². The molecule has 0 fully saturated rings. The fourth-order valence-electron chi connectivity index (χ4n) is 4.00. The lowest BCUT2D eigenvalue weighted by molar-refractivity contribution is 0.0676. The Balaban J connectivity index is 1.29. The molecule has 5 aromatic rings. The van der Waals surface area contributed by atoms with E-state index in [9.17, 15) is 49.8 Å². The molecule has 0 spiro atoms. The molecule has 2 aromatic heterocycles. The monoisotopic (exact) mass is 656 g/mol. The molecule has 5 rings (SSSR count). The van der Waals surface area contributed by atoms with Crippen LogP contribution in [-0.2, 0) is 0 Å². The summed E-state index contributed by atoms with van der Waals surface area (Å²) in [6, 6.07) is 11.5. The summed E-state index contributed by atoms with van der Waals surface area (Å²) in [5.74, 6) is -6.14. The van der Waals surface area contributed by atoms with Gasteiger partial charge in [-0.2, -0.15) is 29.9 Å². The minimum Gasteiger partial charge on any atom is -0.479 e. The Labute approximate surface area is 266 Å². The first-order valence-electron chi connectivity index (χ1n) is 13.1. The molecule has 0 aliphatic heterocycles. The van der Waals surface area contributed by atoms with Gasteiger partial charge in [-0.05, 0) is 60.7 Å². The van der Waals surface area contributed by atoms with Crippen molar-refractivity contribution in [3.05, 3.63) is 82.9 Å². The van der Waals surface area contributed by atoms with Crippen molar-refractivity contribution >= 4 is 70.4 Å². The number of carbonyl (C=O) groups is 4. The van der Waals surface area contributed by atoms with Crippen molar-refractivity contribution in [2.45, 2.75) is 0 Å². The second kappa shape index (κ2) is 13.2. The van der Waals surface area contributed by atoms with Crippen LogP contribution in [0, 0.1) is 0 Å². The van der Waals surface area contributed by atoms with Crippen LogP contribution in [0.25, 0.3) is 0 Å². The van der Waals surface area contributed by atoms with Crippen molar-refractivity contribution < 1.29 is 49.8 Å². The maximum absolute atomic E-state index is 11.4. The van der Waals surface area contributed by atoms with Crippen molar-refractivity contribution in [2.75, 3.05) is 21.3 Å². The van der Waals surface area contributed by atoms with Crippen LogP contribution < -0.4 is 21.3 Å².